The van der Waals surface area contributed by atoms with Crippen LogP contribution in [0.4, 0.5) is 18.0 Å². The molecular formula is C19H26F3NO2. The van der Waals surface area contributed by atoms with Gasteiger partial charge in [-0.15, -0.1) is 0 Å². The van der Waals surface area contributed by atoms with Gasteiger partial charge in [0.1, 0.15) is 5.60 Å². The molecule has 0 atom stereocenters. The summed E-state index contributed by atoms with van der Waals surface area (Å²) in [6.07, 6.45) is -2.19. The molecule has 1 aromatic carbocycles. The molecule has 1 amide bonds. The molecule has 0 bridgehead atoms. The third kappa shape index (κ3) is 5.65. The lowest BCUT2D eigenvalue weighted by atomic mass is 9.88. The van der Waals surface area contributed by atoms with Gasteiger partial charge in [0.15, 0.2) is 0 Å². The van der Waals surface area contributed by atoms with E-state index in [2.05, 4.69) is 0 Å². The number of hydrogen-bond acceptors (Lipinski definition) is 2. The second-order valence-electron chi connectivity index (χ2n) is 7.75. The fraction of sp³-hybridized carbons (Fsp3) is 0.632. The number of benzene rings is 1. The number of likely N-dealkylation sites (tertiary alicyclic amines) is 1. The molecule has 1 aliphatic rings. The molecule has 2 rings (SSSR count). The van der Waals surface area contributed by atoms with Crippen LogP contribution in [-0.2, 0) is 17.3 Å². The minimum absolute atomic E-state index is 0.295. The third-order valence-electron chi connectivity index (χ3n) is 4.44. The summed E-state index contributed by atoms with van der Waals surface area (Å²) in [5.74, 6) is 0.370. The number of amides is 1. The van der Waals surface area contributed by atoms with Gasteiger partial charge in [0.25, 0.3) is 0 Å². The van der Waals surface area contributed by atoms with Crippen molar-refractivity contribution in [2.45, 2.75) is 58.7 Å². The molecule has 6 heteroatoms. The van der Waals surface area contributed by atoms with Crippen LogP contribution >= 0.6 is 0 Å². The van der Waals surface area contributed by atoms with Crippen LogP contribution in [0.25, 0.3) is 0 Å². The van der Waals surface area contributed by atoms with E-state index in [1.807, 2.05) is 20.8 Å². The van der Waals surface area contributed by atoms with E-state index in [1.165, 1.54) is 6.07 Å². The zero-order valence-corrected chi connectivity index (χ0v) is 15.2. The second kappa shape index (κ2) is 7.26. The topological polar surface area (TPSA) is 29.5 Å². The molecule has 0 N–H and O–H groups in total. The Bertz CT molecular complexity index is 612. The fourth-order valence-corrected chi connectivity index (χ4v) is 3.06. The molecule has 0 aromatic heterocycles. The van der Waals surface area contributed by atoms with Gasteiger partial charge < -0.3 is 9.64 Å². The lowest BCUT2D eigenvalue weighted by Crippen LogP contribution is -2.42. The number of hydrogen-bond donors (Lipinski definition) is 0. The van der Waals surface area contributed by atoms with E-state index in [0.717, 1.165) is 30.9 Å². The van der Waals surface area contributed by atoms with Gasteiger partial charge in [-0.1, -0.05) is 6.07 Å². The maximum Gasteiger partial charge on any atom is 0.416 e. The highest BCUT2D eigenvalue weighted by molar-refractivity contribution is 5.68. The van der Waals surface area contributed by atoms with Crippen LogP contribution in [0, 0.1) is 12.8 Å². The fourth-order valence-electron chi connectivity index (χ4n) is 3.06. The van der Waals surface area contributed by atoms with Crippen LogP contribution in [0.5, 0.6) is 0 Å². The summed E-state index contributed by atoms with van der Waals surface area (Å²) >= 11 is 0. The number of alkyl halides is 3. The molecule has 1 aliphatic heterocycles. The SMILES string of the molecule is Cc1cc(C(F)(F)F)ccc1CC1CCN(C(=O)OC(C)(C)C)CC1. The summed E-state index contributed by atoms with van der Waals surface area (Å²) in [4.78, 5) is 13.8. The van der Waals surface area contributed by atoms with Crippen molar-refractivity contribution in [1.82, 2.24) is 4.90 Å². The zero-order valence-electron chi connectivity index (χ0n) is 15.2. The highest BCUT2D eigenvalue weighted by Crippen LogP contribution is 2.31. The standard InChI is InChI=1S/C19H26F3NO2/c1-13-11-16(19(20,21)22)6-5-15(13)12-14-7-9-23(10-8-14)17(24)25-18(2,3)4/h5-6,11,14H,7-10,12H2,1-4H3. The first-order chi connectivity index (χ1) is 11.5. The van der Waals surface area contributed by atoms with Crippen molar-refractivity contribution < 1.29 is 22.7 Å². The Hall–Kier alpha value is -1.72. The number of piperidine rings is 1. The first-order valence-corrected chi connectivity index (χ1v) is 8.60. The average Bonchev–Trinajstić information content (AvgIpc) is 2.47. The Kier molecular flexibility index (Phi) is 5.69. The van der Waals surface area contributed by atoms with Gasteiger partial charge in [-0.3, -0.25) is 0 Å². The number of rotatable bonds is 2. The summed E-state index contributed by atoms with van der Waals surface area (Å²) in [6.45, 7) is 8.49. The molecule has 0 unspecified atom stereocenters. The Morgan fingerprint density at radius 2 is 1.80 bits per heavy atom. The van der Waals surface area contributed by atoms with Gasteiger partial charge in [-0.25, -0.2) is 4.79 Å². The minimum Gasteiger partial charge on any atom is -0.444 e. The molecule has 0 saturated carbocycles. The van der Waals surface area contributed by atoms with Crippen molar-refractivity contribution in [3.05, 3.63) is 34.9 Å². The van der Waals surface area contributed by atoms with Crippen molar-refractivity contribution in [2.24, 2.45) is 5.92 Å². The molecule has 1 aromatic rings. The molecule has 3 nitrogen and oxygen atoms in total. The van der Waals surface area contributed by atoms with Gasteiger partial charge in [0.2, 0.25) is 0 Å². The Labute approximate surface area is 147 Å². The van der Waals surface area contributed by atoms with Crippen LogP contribution in [0.1, 0.15) is 50.3 Å². The number of carbonyl (C=O) groups is 1. The molecular weight excluding hydrogens is 331 g/mol. The summed E-state index contributed by atoms with van der Waals surface area (Å²) in [5, 5.41) is 0. The Morgan fingerprint density at radius 1 is 1.20 bits per heavy atom. The molecule has 0 radical (unpaired) electrons. The lowest BCUT2D eigenvalue weighted by molar-refractivity contribution is -0.137. The van der Waals surface area contributed by atoms with Crippen LogP contribution in [0.3, 0.4) is 0 Å². The molecule has 0 aliphatic carbocycles. The van der Waals surface area contributed by atoms with Crippen LogP contribution < -0.4 is 0 Å². The Balaban J connectivity index is 1.91. The summed E-state index contributed by atoms with van der Waals surface area (Å²) in [5.41, 5.74) is 0.507. The predicted octanol–water partition coefficient (Wildman–Crippen LogP) is 5.20. The highest BCUT2D eigenvalue weighted by Gasteiger charge is 2.31. The summed E-state index contributed by atoms with van der Waals surface area (Å²) in [7, 11) is 0. The maximum absolute atomic E-state index is 12.7. The first kappa shape index (κ1) is 19.6. The average molecular weight is 357 g/mol. The van der Waals surface area contributed by atoms with E-state index >= 15 is 0 Å². The third-order valence-corrected chi connectivity index (χ3v) is 4.44. The number of ether oxygens (including phenoxy) is 1. The molecule has 25 heavy (non-hydrogen) atoms. The normalized spacial score (nSPS) is 16.8. The van der Waals surface area contributed by atoms with Gasteiger partial charge in [-0.05, 0) is 76.1 Å². The first-order valence-electron chi connectivity index (χ1n) is 8.60. The van der Waals surface area contributed by atoms with E-state index < -0.39 is 17.3 Å². The zero-order chi connectivity index (χ0) is 18.8. The lowest BCUT2D eigenvalue weighted by Gasteiger charge is -2.33. The molecule has 1 saturated heterocycles. The van der Waals surface area contributed by atoms with E-state index in [9.17, 15) is 18.0 Å². The number of halogens is 3. The quantitative estimate of drug-likeness (QED) is 0.728. The maximum atomic E-state index is 12.7. The highest BCUT2D eigenvalue weighted by atomic mass is 19.4. The van der Waals surface area contributed by atoms with Gasteiger partial charge in [0.05, 0.1) is 5.56 Å². The van der Waals surface area contributed by atoms with Gasteiger partial charge >= 0.3 is 12.3 Å². The monoisotopic (exact) mass is 357 g/mol. The van der Waals surface area contributed by atoms with Crippen LogP contribution in [0.2, 0.25) is 0 Å². The molecule has 1 fully saturated rings. The van der Waals surface area contributed by atoms with Crippen molar-refractivity contribution in [2.75, 3.05) is 13.1 Å². The van der Waals surface area contributed by atoms with Crippen LogP contribution in [0.15, 0.2) is 18.2 Å². The van der Waals surface area contributed by atoms with E-state index in [4.69, 9.17) is 4.74 Å². The van der Waals surface area contributed by atoms with Crippen molar-refractivity contribution in [1.29, 1.82) is 0 Å². The van der Waals surface area contributed by atoms with Gasteiger partial charge in [-0.2, -0.15) is 13.2 Å². The van der Waals surface area contributed by atoms with Gasteiger partial charge in [0, 0.05) is 13.1 Å². The number of nitrogens with zero attached hydrogens (tertiary/aromatic N) is 1. The van der Waals surface area contributed by atoms with Crippen LogP contribution in [-0.4, -0.2) is 29.7 Å². The predicted molar refractivity (Wildman–Crippen MR) is 90.4 cm³/mol. The molecule has 1 heterocycles. The summed E-state index contributed by atoms with van der Waals surface area (Å²) in [6, 6.07) is 3.95. The van der Waals surface area contributed by atoms with E-state index in [-0.39, 0.29) is 6.09 Å². The number of carbonyl (C=O) groups excluding carboxylic acids is 1. The second-order valence-corrected chi connectivity index (χ2v) is 7.75. The minimum atomic E-state index is -4.30. The molecule has 140 valence electrons. The number of aryl methyl sites for hydroxylation is 1. The summed E-state index contributed by atoms with van der Waals surface area (Å²) < 4.78 is 43.6. The largest absolute Gasteiger partial charge is 0.444 e. The van der Waals surface area contributed by atoms with Crippen molar-refractivity contribution in [3.63, 3.8) is 0 Å². The Morgan fingerprint density at radius 3 is 2.28 bits per heavy atom. The van der Waals surface area contributed by atoms with E-state index in [0.29, 0.717) is 24.6 Å². The molecule has 0 spiro atoms. The van der Waals surface area contributed by atoms with Crippen molar-refractivity contribution in [3.8, 4) is 0 Å². The van der Waals surface area contributed by atoms with E-state index in [1.54, 1.807) is 17.9 Å². The van der Waals surface area contributed by atoms with Crippen molar-refractivity contribution >= 4 is 6.09 Å². The smallest absolute Gasteiger partial charge is 0.416 e.